The average Bonchev–Trinajstić information content (AvgIpc) is 2.94. The fourth-order valence-corrected chi connectivity index (χ4v) is 5.50. The number of likely N-dealkylation sites (tertiary alicyclic amines) is 1. The van der Waals surface area contributed by atoms with Gasteiger partial charge in [0.05, 0.1) is 13.0 Å². The van der Waals surface area contributed by atoms with Gasteiger partial charge in [-0.2, -0.15) is 0 Å². The fourth-order valence-electron chi connectivity index (χ4n) is 5.50. The molecule has 0 radical (unpaired) electrons. The molecular weight excluding hydrogens is 314 g/mol. The Morgan fingerprint density at radius 2 is 1.88 bits per heavy atom. The molecule has 1 unspecified atom stereocenters. The van der Waals surface area contributed by atoms with Crippen molar-refractivity contribution in [3.05, 3.63) is 35.4 Å². The van der Waals surface area contributed by atoms with Crippen LogP contribution in [0, 0.1) is 23.2 Å². The maximum Gasteiger partial charge on any atom is 0.306 e. The summed E-state index contributed by atoms with van der Waals surface area (Å²) < 4.78 is 5.10. The van der Waals surface area contributed by atoms with Crippen LogP contribution in [0.1, 0.15) is 43.2 Å². The summed E-state index contributed by atoms with van der Waals surface area (Å²) in [7, 11) is 0. The Kier molecular flexibility index (Phi) is 3.28. The van der Waals surface area contributed by atoms with E-state index in [2.05, 4.69) is 36.1 Å². The number of fused-ring (bicyclic) bond motifs is 1. The summed E-state index contributed by atoms with van der Waals surface area (Å²) in [6.07, 6.45) is 3.27. The monoisotopic (exact) mass is 339 g/mol. The smallest absolute Gasteiger partial charge is 0.306 e. The number of nitrogens with zero attached hydrogens (tertiary/aromatic N) is 1. The average molecular weight is 339 g/mol. The summed E-state index contributed by atoms with van der Waals surface area (Å²) in [4.78, 5) is 26.2. The van der Waals surface area contributed by atoms with Crippen LogP contribution in [0.15, 0.2) is 24.3 Å². The molecule has 2 heterocycles. The van der Waals surface area contributed by atoms with E-state index >= 15 is 0 Å². The van der Waals surface area contributed by atoms with Gasteiger partial charge in [-0.05, 0) is 48.1 Å². The van der Waals surface area contributed by atoms with E-state index in [1.165, 1.54) is 11.1 Å². The third-order valence-corrected chi connectivity index (χ3v) is 7.05. The van der Waals surface area contributed by atoms with Crippen LogP contribution in [0.25, 0.3) is 0 Å². The fraction of sp³-hybridized carbons (Fsp3) is 0.619. The van der Waals surface area contributed by atoms with E-state index in [-0.39, 0.29) is 17.3 Å². The van der Waals surface area contributed by atoms with Gasteiger partial charge in [-0.3, -0.25) is 9.59 Å². The topological polar surface area (TPSA) is 46.6 Å². The molecule has 1 aromatic carbocycles. The molecule has 2 saturated heterocycles. The highest BCUT2D eigenvalue weighted by Gasteiger charge is 2.59. The molecule has 2 saturated carbocycles. The zero-order valence-corrected chi connectivity index (χ0v) is 14.7. The Bertz CT molecular complexity index is 707. The van der Waals surface area contributed by atoms with Crippen molar-refractivity contribution in [3.63, 3.8) is 0 Å². The van der Waals surface area contributed by atoms with Gasteiger partial charge >= 0.3 is 5.97 Å². The molecule has 5 rings (SSSR count). The molecule has 0 bridgehead atoms. The van der Waals surface area contributed by atoms with E-state index in [9.17, 15) is 9.59 Å². The van der Waals surface area contributed by atoms with Gasteiger partial charge in [0.1, 0.15) is 0 Å². The maximum absolute atomic E-state index is 12.7. The summed E-state index contributed by atoms with van der Waals surface area (Å²) in [6, 6.07) is 9.04. The predicted molar refractivity (Wildman–Crippen MR) is 92.9 cm³/mol. The van der Waals surface area contributed by atoms with E-state index in [4.69, 9.17) is 4.74 Å². The van der Waals surface area contributed by atoms with Crippen LogP contribution >= 0.6 is 0 Å². The zero-order chi connectivity index (χ0) is 17.2. The lowest BCUT2D eigenvalue weighted by Gasteiger charge is -2.43. The standard InChI is InChI=1S/C21H25NO3/c1-2-13-3-5-14(6-4-13)19-16-10-22(11-17(16)19)20(24)15-7-21(8-15)9-18(23)25-12-21/h3-6,15-17,19H,2,7-12H2,1H3/t15?,16-,17+,19?,21?. The van der Waals surface area contributed by atoms with E-state index in [0.29, 0.717) is 36.7 Å². The Labute approximate surface area is 148 Å². The third-order valence-electron chi connectivity index (χ3n) is 7.05. The number of amides is 1. The summed E-state index contributed by atoms with van der Waals surface area (Å²) in [6.45, 7) is 4.55. The van der Waals surface area contributed by atoms with Crippen molar-refractivity contribution < 1.29 is 14.3 Å². The molecule has 132 valence electrons. The lowest BCUT2D eigenvalue weighted by Crippen LogP contribution is -2.47. The second kappa shape index (κ2) is 5.33. The van der Waals surface area contributed by atoms with E-state index < -0.39 is 0 Å². The van der Waals surface area contributed by atoms with Crippen LogP contribution in [-0.2, 0) is 20.7 Å². The molecule has 2 aliphatic heterocycles. The highest BCUT2D eigenvalue weighted by Crippen LogP contribution is 2.59. The van der Waals surface area contributed by atoms with Crippen molar-refractivity contribution in [1.29, 1.82) is 0 Å². The van der Waals surface area contributed by atoms with Crippen molar-refractivity contribution in [1.82, 2.24) is 4.90 Å². The molecule has 1 aromatic rings. The number of hydrogen-bond donors (Lipinski definition) is 0. The van der Waals surface area contributed by atoms with Crippen LogP contribution < -0.4 is 0 Å². The number of piperidine rings is 1. The normalized spacial score (nSPS) is 38.4. The number of hydrogen-bond acceptors (Lipinski definition) is 3. The molecule has 0 N–H and O–H groups in total. The minimum atomic E-state index is -0.0924. The molecule has 2 aliphatic carbocycles. The van der Waals surface area contributed by atoms with Gasteiger partial charge in [0.25, 0.3) is 0 Å². The first-order valence-corrected chi connectivity index (χ1v) is 9.62. The second-order valence-electron chi connectivity index (χ2n) is 8.63. The van der Waals surface area contributed by atoms with Crippen LogP contribution in [-0.4, -0.2) is 36.5 Å². The summed E-state index contributed by atoms with van der Waals surface area (Å²) in [5.74, 6) is 2.31. The molecule has 25 heavy (non-hydrogen) atoms. The SMILES string of the molecule is CCc1ccc(C2[C@H]3CN(C(=O)C4CC5(COC(=O)C5)C4)C[C@@H]23)cc1. The van der Waals surface area contributed by atoms with Gasteiger partial charge in [-0.15, -0.1) is 0 Å². The Hall–Kier alpha value is -1.84. The van der Waals surface area contributed by atoms with Crippen LogP contribution in [0.2, 0.25) is 0 Å². The second-order valence-corrected chi connectivity index (χ2v) is 8.63. The highest BCUT2D eigenvalue weighted by molar-refractivity contribution is 5.82. The Morgan fingerprint density at radius 3 is 2.44 bits per heavy atom. The zero-order valence-electron chi connectivity index (χ0n) is 14.7. The molecule has 4 nitrogen and oxygen atoms in total. The molecule has 0 aromatic heterocycles. The summed E-state index contributed by atoms with van der Waals surface area (Å²) in [5, 5.41) is 0. The molecule has 4 aliphatic rings. The molecular formula is C21H25NO3. The molecule has 3 atom stereocenters. The largest absolute Gasteiger partial charge is 0.465 e. The van der Waals surface area contributed by atoms with Crippen molar-refractivity contribution in [2.45, 2.75) is 38.5 Å². The van der Waals surface area contributed by atoms with Gasteiger partial charge in [-0.25, -0.2) is 0 Å². The van der Waals surface area contributed by atoms with Crippen LogP contribution in [0.5, 0.6) is 0 Å². The summed E-state index contributed by atoms with van der Waals surface area (Å²) >= 11 is 0. The number of ether oxygens (including phenoxy) is 1. The molecule has 1 spiro atoms. The first-order valence-electron chi connectivity index (χ1n) is 9.62. The van der Waals surface area contributed by atoms with E-state index in [0.717, 1.165) is 32.4 Å². The number of carbonyl (C=O) groups is 2. The van der Waals surface area contributed by atoms with Crippen molar-refractivity contribution in [2.24, 2.45) is 23.2 Å². The van der Waals surface area contributed by atoms with Crippen molar-refractivity contribution in [2.75, 3.05) is 19.7 Å². The number of esters is 1. The van der Waals surface area contributed by atoms with E-state index in [1.54, 1.807) is 0 Å². The lowest BCUT2D eigenvalue weighted by atomic mass is 9.61. The van der Waals surface area contributed by atoms with Crippen molar-refractivity contribution in [3.8, 4) is 0 Å². The lowest BCUT2D eigenvalue weighted by molar-refractivity contribution is -0.143. The summed E-state index contributed by atoms with van der Waals surface area (Å²) in [5.41, 5.74) is 2.83. The van der Waals surface area contributed by atoms with Crippen LogP contribution in [0.4, 0.5) is 0 Å². The number of aryl methyl sites for hydroxylation is 1. The van der Waals surface area contributed by atoms with E-state index in [1.807, 2.05) is 0 Å². The molecule has 4 fully saturated rings. The van der Waals surface area contributed by atoms with Crippen molar-refractivity contribution >= 4 is 11.9 Å². The number of benzene rings is 1. The quantitative estimate of drug-likeness (QED) is 0.796. The number of rotatable bonds is 3. The minimum absolute atomic E-state index is 0.0103. The maximum atomic E-state index is 12.7. The molecule has 4 heteroatoms. The Balaban J connectivity index is 1.16. The van der Waals surface area contributed by atoms with Crippen LogP contribution in [0.3, 0.4) is 0 Å². The predicted octanol–water partition coefficient (Wildman–Crippen LogP) is 2.76. The van der Waals surface area contributed by atoms with Gasteiger partial charge in [0.2, 0.25) is 5.91 Å². The van der Waals surface area contributed by atoms with Gasteiger partial charge in [0.15, 0.2) is 0 Å². The first-order chi connectivity index (χ1) is 12.1. The first kappa shape index (κ1) is 15.4. The Morgan fingerprint density at radius 1 is 1.20 bits per heavy atom. The molecule has 1 amide bonds. The third kappa shape index (κ3) is 2.41. The van der Waals surface area contributed by atoms with Gasteiger partial charge in [-0.1, -0.05) is 31.2 Å². The minimum Gasteiger partial charge on any atom is -0.465 e. The number of carbonyl (C=O) groups excluding carboxylic acids is 2. The van der Waals surface area contributed by atoms with Gasteiger partial charge in [0, 0.05) is 24.4 Å². The van der Waals surface area contributed by atoms with Gasteiger partial charge < -0.3 is 9.64 Å². The number of cyclic esters (lactones) is 1. The highest BCUT2D eigenvalue weighted by atomic mass is 16.5.